The fourth-order valence-corrected chi connectivity index (χ4v) is 1.53. The molecular weight excluding hydrogens is 262 g/mol. The molecule has 8 nitrogen and oxygen atoms in total. The number of amides is 1. The van der Waals surface area contributed by atoms with E-state index in [-0.39, 0.29) is 23.7 Å². The number of rotatable bonds is 4. The molecule has 2 aromatic rings. The number of aromatic nitrogens is 4. The van der Waals surface area contributed by atoms with E-state index in [1.54, 1.807) is 14.0 Å². The maximum Gasteiger partial charge on any atom is 0.343 e. The van der Waals surface area contributed by atoms with Crippen LogP contribution in [0.2, 0.25) is 0 Å². The normalized spacial score (nSPS) is 10.1. The van der Waals surface area contributed by atoms with Crippen molar-refractivity contribution in [3.05, 3.63) is 36.0 Å². The summed E-state index contributed by atoms with van der Waals surface area (Å²) in [6.07, 6.45) is 5.54. The summed E-state index contributed by atoms with van der Waals surface area (Å²) >= 11 is 0. The summed E-state index contributed by atoms with van der Waals surface area (Å²) in [5.41, 5.74) is 0.329. The van der Waals surface area contributed by atoms with Gasteiger partial charge in [-0.1, -0.05) is 0 Å². The summed E-state index contributed by atoms with van der Waals surface area (Å²) in [5.74, 6) is -0.776. The Bertz CT molecular complexity index is 623. The van der Waals surface area contributed by atoms with Crippen LogP contribution in [0.4, 0.5) is 5.82 Å². The molecule has 0 saturated heterocycles. The molecule has 0 aliphatic carbocycles. The molecule has 0 radical (unpaired) electrons. The Morgan fingerprint density at radius 2 is 2.15 bits per heavy atom. The van der Waals surface area contributed by atoms with Crippen molar-refractivity contribution in [1.82, 2.24) is 19.7 Å². The van der Waals surface area contributed by atoms with Crippen molar-refractivity contribution in [3.8, 4) is 0 Å². The van der Waals surface area contributed by atoms with Crippen LogP contribution in [0, 0.1) is 0 Å². The van der Waals surface area contributed by atoms with E-state index in [1.807, 2.05) is 0 Å². The number of hydrogen-bond donors (Lipinski definition) is 1. The number of aryl methyl sites for hydroxylation is 1. The highest BCUT2D eigenvalue weighted by molar-refractivity contribution is 6.06. The van der Waals surface area contributed by atoms with Gasteiger partial charge in [0.25, 0.3) is 5.91 Å². The van der Waals surface area contributed by atoms with Crippen LogP contribution in [-0.4, -0.2) is 38.2 Å². The zero-order valence-corrected chi connectivity index (χ0v) is 11.0. The lowest BCUT2D eigenvalue weighted by Crippen LogP contribution is -2.18. The monoisotopic (exact) mass is 275 g/mol. The van der Waals surface area contributed by atoms with Gasteiger partial charge in [-0.3, -0.25) is 14.5 Å². The van der Waals surface area contributed by atoms with Gasteiger partial charge in [0.2, 0.25) is 0 Å². The molecule has 0 aliphatic rings. The predicted octanol–water partition coefficient (Wildman–Crippen LogP) is 0.639. The molecule has 2 heterocycles. The smallest absolute Gasteiger partial charge is 0.343 e. The third-order valence-corrected chi connectivity index (χ3v) is 2.46. The van der Waals surface area contributed by atoms with Gasteiger partial charge in [-0.25, -0.2) is 9.78 Å². The molecule has 0 atom stereocenters. The van der Waals surface area contributed by atoms with Crippen LogP contribution in [0.3, 0.4) is 0 Å². The van der Waals surface area contributed by atoms with Gasteiger partial charge in [0, 0.05) is 19.4 Å². The highest BCUT2D eigenvalue weighted by Crippen LogP contribution is 2.16. The summed E-state index contributed by atoms with van der Waals surface area (Å²) in [6.45, 7) is 1.94. The molecule has 0 aliphatic heterocycles. The second-order valence-electron chi connectivity index (χ2n) is 3.80. The number of carbonyl (C=O) groups is 2. The van der Waals surface area contributed by atoms with Crippen molar-refractivity contribution in [2.24, 2.45) is 7.05 Å². The molecule has 2 rings (SSSR count). The molecule has 0 bridgehead atoms. The van der Waals surface area contributed by atoms with Crippen molar-refractivity contribution in [3.63, 3.8) is 0 Å². The standard InChI is InChI=1S/C12H13N5O3/c1-3-20-12(19)8-6-15-17(2)10(8)16-11(18)9-7-13-4-5-14-9/h4-7H,3H2,1-2H3,(H,16,18). The quantitative estimate of drug-likeness (QED) is 0.822. The highest BCUT2D eigenvalue weighted by atomic mass is 16.5. The maximum absolute atomic E-state index is 12.0. The molecule has 0 fully saturated rings. The van der Waals surface area contributed by atoms with E-state index in [9.17, 15) is 9.59 Å². The molecular formula is C12H13N5O3. The number of hydrogen-bond acceptors (Lipinski definition) is 6. The average Bonchev–Trinajstić information content (AvgIpc) is 2.81. The first-order chi connectivity index (χ1) is 9.63. The molecule has 1 amide bonds. The summed E-state index contributed by atoms with van der Waals surface area (Å²) < 4.78 is 6.27. The topological polar surface area (TPSA) is 99.0 Å². The SMILES string of the molecule is CCOC(=O)c1cnn(C)c1NC(=O)c1cnccn1. The van der Waals surface area contributed by atoms with E-state index < -0.39 is 11.9 Å². The Morgan fingerprint density at radius 1 is 1.35 bits per heavy atom. The van der Waals surface area contributed by atoms with Crippen molar-refractivity contribution in [2.45, 2.75) is 6.92 Å². The zero-order chi connectivity index (χ0) is 14.5. The average molecular weight is 275 g/mol. The number of anilines is 1. The minimum atomic E-state index is -0.546. The Hall–Kier alpha value is -2.77. The molecule has 2 aromatic heterocycles. The van der Waals surface area contributed by atoms with Crippen LogP contribution < -0.4 is 5.32 Å². The first-order valence-corrected chi connectivity index (χ1v) is 5.90. The van der Waals surface area contributed by atoms with Crippen molar-refractivity contribution in [1.29, 1.82) is 0 Å². The van der Waals surface area contributed by atoms with Crippen LogP contribution in [0.5, 0.6) is 0 Å². The summed E-state index contributed by atoms with van der Waals surface area (Å²) in [7, 11) is 1.61. The van der Waals surface area contributed by atoms with Gasteiger partial charge < -0.3 is 10.1 Å². The van der Waals surface area contributed by atoms with E-state index in [0.29, 0.717) is 0 Å². The van der Waals surface area contributed by atoms with Crippen LogP contribution in [0.15, 0.2) is 24.8 Å². The first kappa shape index (κ1) is 13.7. The summed E-state index contributed by atoms with van der Waals surface area (Å²) in [4.78, 5) is 31.4. The van der Waals surface area contributed by atoms with Gasteiger partial charge in [0.15, 0.2) is 0 Å². The van der Waals surface area contributed by atoms with Gasteiger partial charge in [-0.15, -0.1) is 0 Å². The number of carbonyl (C=O) groups excluding carboxylic acids is 2. The zero-order valence-electron chi connectivity index (χ0n) is 11.0. The van der Waals surface area contributed by atoms with E-state index in [1.165, 1.54) is 29.5 Å². The van der Waals surface area contributed by atoms with Crippen molar-refractivity contribution in [2.75, 3.05) is 11.9 Å². The van der Waals surface area contributed by atoms with Gasteiger partial charge in [0.1, 0.15) is 17.1 Å². The highest BCUT2D eigenvalue weighted by Gasteiger charge is 2.20. The van der Waals surface area contributed by atoms with Crippen molar-refractivity contribution < 1.29 is 14.3 Å². The van der Waals surface area contributed by atoms with E-state index in [2.05, 4.69) is 20.4 Å². The lowest BCUT2D eigenvalue weighted by molar-refractivity contribution is 0.0527. The minimum absolute atomic E-state index is 0.142. The molecule has 1 N–H and O–H groups in total. The van der Waals surface area contributed by atoms with E-state index >= 15 is 0 Å². The Labute approximate surface area is 114 Å². The number of nitrogens with one attached hydrogen (secondary N) is 1. The Balaban J connectivity index is 2.23. The molecule has 104 valence electrons. The maximum atomic E-state index is 12.0. The number of nitrogens with zero attached hydrogens (tertiary/aromatic N) is 4. The predicted molar refractivity (Wildman–Crippen MR) is 69.1 cm³/mol. The van der Waals surface area contributed by atoms with E-state index in [0.717, 1.165) is 0 Å². The van der Waals surface area contributed by atoms with Gasteiger partial charge in [0.05, 0.1) is 19.0 Å². The molecule has 0 unspecified atom stereocenters. The fourth-order valence-electron chi connectivity index (χ4n) is 1.53. The third kappa shape index (κ3) is 2.79. The fraction of sp³-hybridized carbons (Fsp3) is 0.250. The van der Waals surface area contributed by atoms with Crippen LogP contribution in [0.25, 0.3) is 0 Å². The minimum Gasteiger partial charge on any atom is -0.462 e. The van der Waals surface area contributed by atoms with Crippen LogP contribution >= 0.6 is 0 Å². The molecule has 8 heteroatoms. The first-order valence-electron chi connectivity index (χ1n) is 5.90. The molecule has 0 aromatic carbocycles. The van der Waals surface area contributed by atoms with Gasteiger partial charge >= 0.3 is 5.97 Å². The number of esters is 1. The lowest BCUT2D eigenvalue weighted by atomic mass is 10.3. The molecule has 0 spiro atoms. The lowest BCUT2D eigenvalue weighted by Gasteiger charge is -2.07. The second-order valence-corrected chi connectivity index (χ2v) is 3.80. The summed E-state index contributed by atoms with van der Waals surface area (Å²) in [5, 5.41) is 6.50. The third-order valence-electron chi connectivity index (χ3n) is 2.46. The van der Waals surface area contributed by atoms with Gasteiger partial charge in [-0.05, 0) is 6.92 Å². The van der Waals surface area contributed by atoms with Crippen LogP contribution in [0.1, 0.15) is 27.8 Å². The largest absolute Gasteiger partial charge is 0.462 e. The van der Waals surface area contributed by atoms with Gasteiger partial charge in [-0.2, -0.15) is 5.10 Å². The molecule has 0 saturated carbocycles. The van der Waals surface area contributed by atoms with E-state index in [4.69, 9.17) is 4.74 Å². The number of ether oxygens (including phenoxy) is 1. The Kier molecular flexibility index (Phi) is 4.04. The van der Waals surface area contributed by atoms with Crippen LogP contribution in [-0.2, 0) is 11.8 Å². The summed E-state index contributed by atoms with van der Waals surface area (Å²) in [6, 6.07) is 0. The van der Waals surface area contributed by atoms with Crippen molar-refractivity contribution >= 4 is 17.7 Å². The second kappa shape index (κ2) is 5.91. The molecule has 20 heavy (non-hydrogen) atoms. The Morgan fingerprint density at radius 3 is 2.80 bits per heavy atom.